The summed E-state index contributed by atoms with van der Waals surface area (Å²) in [5, 5.41) is 15.1. The van der Waals surface area contributed by atoms with Crippen LogP contribution in [-0.2, 0) is 23.1 Å². The van der Waals surface area contributed by atoms with Crippen molar-refractivity contribution in [2.24, 2.45) is 0 Å². The lowest BCUT2D eigenvalue weighted by Gasteiger charge is -2.52. The molecule has 1 N–H and O–H groups in total. The zero-order chi connectivity index (χ0) is 29.5. The van der Waals surface area contributed by atoms with Gasteiger partial charge in [-0.3, -0.25) is 14.4 Å². The van der Waals surface area contributed by atoms with Crippen LogP contribution in [0, 0.1) is 11.3 Å². The molecule has 6 rings (SSSR count). The summed E-state index contributed by atoms with van der Waals surface area (Å²) < 4.78 is 46.8. The van der Waals surface area contributed by atoms with E-state index in [9.17, 15) is 23.2 Å². The van der Waals surface area contributed by atoms with Crippen molar-refractivity contribution in [3.8, 4) is 17.3 Å². The first-order valence-electron chi connectivity index (χ1n) is 13.4. The number of H-pyrrole nitrogens is 1. The quantitative estimate of drug-likeness (QED) is 0.349. The Hall–Kier alpha value is -4.42. The Labute approximate surface area is 238 Å². The van der Waals surface area contributed by atoms with Crippen molar-refractivity contribution in [3.05, 3.63) is 54.3 Å². The number of amides is 1. The molecule has 218 valence electrons. The monoisotopic (exact) mass is 580 g/mol. The molecule has 1 aliphatic heterocycles. The van der Waals surface area contributed by atoms with E-state index in [1.54, 1.807) is 12.4 Å². The van der Waals surface area contributed by atoms with Crippen molar-refractivity contribution < 1.29 is 22.7 Å². The molecule has 0 radical (unpaired) electrons. The summed E-state index contributed by atoms with van der Waals surface area (Å²) in [5.74, 6) is -1.93. The highest BCUT2D eigenvalue weighted by molar-refractivity contribution is 5.92. The fraction of sp³-hybridized carbons (Fsp3) is 0.444. The third-order valence-corrected chi connectivity index (χ3v) is 8.00. The van der Waals surface area contributed by atoms with Gasteiger partial charge in [-0.05, 0) is 25.0 Å². The van der Waals surface area contributed by atoms with Crippen molar-refractivity contribution in [2.75, 3.05) is 33.3 Å². The maximum absolute atomic E-state index is 13.3. The van der Waals surface area contributed by atoms with Crippen molar-refractivity contribution in [1.82, 2.24) is 44.5 Å². The van der Waals surface area contributed by atoms with Crippen LogP contribution >= 0.6 is 0 Å². The minimum Gasteiger partial charge on any atom is -0.378 e. The number of hydrogen-bond donors (Lipinski definition) is 1. The van der Waals surface area contributed by atoms with Gasteiger partial charge in [0.15, 0.2) is 0 Å². The number of fused-ring (bicyclic) bond motifs is 1. The van der Waals surface area contributed by atoms with Gasteiger partial charge in [0.25, 0.3) is 5.91 Å². The molecule has 1 saturated heterocycles. The Morgan fingerprint density at radius 3 is 2.71 bits per heavy atom. The summed E-state index contributed by atoms with van der Waals surface area (Å²) in [5.41, 5.74) is 1.56. The number of aromatic amines is 1. The number of aromatic nitrogens is 7. The molecule has 0 atom stereocenters. The number of alkyl halides is 3. The number of halogens is 3. The zero-order valence-electron chi connectivity index (χ0n) is 22.7. The number of nitrogens with zero attached hydrogens (tertiary/aromatic N) is 9. The smallest absolute Gasteiger partial charge is 0.378 e. The number of carbonyl (C=O) groups excluding carboxylic acids is 1. The van der Waals surface area contributed by atoms with E-state index in [1.807, 2.05) is 16.9 Å². The predicted octanol–water partition coefficient (Wildman–Crippen LogP) is 3.01. The highest BCUT2D eigenvalue weighted by Crippen LogP contribution is 2.45. The van der Waals surface area contributed by atoms with Crippen molar-refractivity contribution >= 4 is 16.9 Å². The van der Waals surface area contributed by atoms with Crippen LogP contribution in [0.5, 0.6) is 0 Å². The number of nitrogens with one attached hydrogen (secondary N) is 1. The summed E-state index contributed by atoms with van der Waals surface area (Å²) in [4.78, 5) is 35.6. The van der Waals surface area contributed by atoms with Crippen molar-refractivity contribution in [3.63, 3.8) is 0 Å². The van der Waals surface area contributed by atoms with Crippen LogP contribution in [0.3, 0.4) is 0 Å². The van der Waals surface area contributed by atoms with Gasteiger partial charge < -0.3 is 14.6 Å². The molecule has 0 aromatic carbocycles. The summed E-state index contributed by atoms with van der Waals surface area (Å²) in [6.07, 6.45) is 3.91. The number of methoxy groups -OCH3 is 1. The van der Waals surface area contributed by atoms with E-state index < -0.39 is 23.4 Å². The van der Waals surface area contributed by atoms with E-state index in [4.69, 9.17) is 4.74 Å². The summed E-state index contributed by atoms with van der Waals surface area (Å²) in [6, 6.07) is 5.65. The van der Waals surface area contributed by atoms with Crippen LogP contribution in [0.4, 0.5) is 13.2 Å². The molecule has 42 heavy (non-hydrogen) atoms. The van der Waals surface area contributed by atoms with E-state index in [0.717, 1.165) is 22.3 Å². The first kappa shape index (κ1) is 27.7. The average Bonchev–Trinajstić information content (AvgIpc) is 3.64. The van der Waals surface area contributed by atoms with Gasteiger partial charge in [-0.15, -0.1) is 0 Å². The largest absolute Gasteiger partial charge is 0.451 e. The number of carbonyl (C=O) groups is 1. The van der Waals surface area contributed by atoms with Crippen molar-refractivity contribution in [2.45, 2.75) is 43.6 Å². The van der Waals surface area contributed by atoms with E-state index in [2.05, 4.69) is 41.0 Å². The molecule has 0 bridgehead atoms. The molecule has 4 aromatic rings. The third kappa shape index (κ3) is 5.07. The minimum atomic E-state index is -4.78. The lowest BCUT2D eigenvalue weighted by Crippen LogP contribution is -2.60. The second kappa shape index (κ2) is 10.8. The van der Waals surface area contributed by atoms with E-state index in [1.165, 1.54) is 24.4 Å². The zero-order valence-corrected chi connectivity index (χ0v) is 22.7. The van der Waals surface area contributed by atoms with Crippen LogP contribution in [0.1, 0.15) is 41.3 Å². The summed E-state index contributed by atoms with van der Waals surface area (Å²) >= 11 is 0. The van der Waals surface area contributed by atoms with Crippen molar-refractivity contribution in [1.29, 1.82) is 5.26 Å². The minimum absolute atomic E-state index is 0.0101. The molecule has 0 unspecified atom stereocenters. The van der Waals surface area contributed by atoms with Crippen LogP contribution in [0.25, 0.3) is 22.3 Å². The van der Waals surface area contributed by atoms with Gasteiger partial charge in [0.2, 0.25) is 5.82 Å². The Morgan fingerprint density at radius 1 is 1.21 bits per heavy atom. The van der Waals surface area contributed by atoms with Gasteiger partial charge in [0.05, 0.1) is 42.2 Å². The van der Waals surface area contributed by atoms with Gasteiger partial charge in [-0.2, -0.15) is 23.5 Å². The number of hydrogen-bond acceptors (Lipinski definition) is 9. The molecule has 5 heterocycles. The molecular weight excluding hydrogens is 553 g/mol. The van der Waals surface area contributed by atoms with Gasteiger partial charge in [-0.25, -0.2) is 19.9 Å². The molecule has 15 heteroatoms. The number of rotatable bonds is 7. The van der Waals surface area contributed by atoms with Crippen LogP contribution in [-0.4, -0.2) is 89.7 Å². The second-order valence-corrected chi connectivity index (χ2v) is 10.6. The van der Waals surface area contributed by atoms with E-state index >= 15 is 0 Å². The standard InChI is InChI=1S/C27H27F3N10O2/c1-42-15-18-10-21(37-25(36-18)27(28,29)30)24(41)39-8-6-38(7-9-39)19-11-26(12-19,3-4-31)40-14-17(13-35-40)22-20-2-5-32-23(20)34-16-33-22/h2,5,10,13-14,16,19H,3,6-9,11-12,15H2,1H3,(H,32,33,34). The molecule has 1 aliphatic carbocycles. The fourth-order valence-corrected chi connectivity index (χ4v) is 5.85. The Morgan fingerprint density at radius 2 is 2.00 bits per heavy atom. The molecule has 2 fully saturated rings. The van der Waals surface area contributed by atoms with Crippen LogP contribution in [0.2, 0.25) is 0 Å². The SMILES string of the molecule is COCc1cc(C(=O)N2CCN(C3CC(CC#N)(n4cc(-c5ncnc6[nH]ccc56)cn4)C3)CC2)nc(C(F)(F)F)n1. The second-order valence-electron chi connectivity index (χ2n) is 10.6. The highest BCUT2D eigenvalue weighted by Gasteiger charge is 2.49. The highest BCUT2D eigenvalue weighted by atomic mass is 19.4. The van der Waals surface area contributed by atoms with Gasteiger partial charge in [0.1, 0.15) is 17.7 Å². The van der Waals surface area contributed by atoms with Gasteiger partial charge in [0, 0.05) is 62.7 Å². The first-order chi connectivity index (χ1) is 20.2. The number of ether oxygens (including phenoxy) is 1. The number of piperazine rings is 1. The first-order valence-corrected chi connectivity index (χ1v) is 13.4. The van der Waals surface area contributed by atoms with E-state index in [0.29, 0.717) is 45.4 Å². The fourth-order valence-electron chi connectivity index (χ4n) is 5.85. The average molecular weight is 581 g/mol. The molecule has 12 nitrogen and oxygen atoms in total. The molecule has 1 saturated carbocycles. The van der Waals surface area contributed by atoms with E-state index in [-0.39, 0.29) is 24.0 Å². The molecular formula is C27H27F3N10O2. The maximum Gasteiger partial charge on any atom is 0.451 e. The van der Waals surface area contributed by atoms with Gasteiger partial charge in [-0.1, -0.05) is 0 Å². The Bertz CT molecular complexity index is 1650. The molecule has 2 aliphatic rings. The Kier molecular flexibility index (Phi) is 7.11. The summed E-state index contributed by atoms with van der Waals surface area (Å²) in [7, 11) is 1.34. The van der Waals surface area contributed by atoms with Crippen LogP contribution in [0.15, 0.2) is 37.1 Å². The van der Waals surface area contributed by atoms with Crippen LogP contribution < -0.4 is 0 Å². The topological polar surface area (TPSA) is 142 Å². The lowest BCUT2D eigenvalue weighted by atomic mass is 9.70. The normalized spacial score (nSPS) is 21.3. The molecule has 1 amide bonds. The molecule has 0 spiro atoms. The number of nitriles is 1. The Balaban J connectivity index is 1.11. The predicted molar refractivity (Wildman–Crippen MR) is 142 cm³/mol. The third-order valence-electron chi connectivity index (χ3n) is 8.00. The summed E-state index contributed by atoms with van der Waals surface area (Å²) in [6.45, 7) is 1.63. The lowest BCUT2D eigenvalue weighted by molar-refractivity contribution is -0.145. The van der Waals surface area contributed by atoms with Gasteiger partial charge >= 0.3 is 6.18 Å². The molecule has 4 aromatic heterocycles. The maximum atomic E-state index is 13.3.